The Balaban J connectivity index is 3.15. The van der Waals surface area contributed by atoms with Crippen molar-refractivity contribution in [3.8, 4) is 5.75 Å². The molecule has 0 fully saturated rings. The molecule has 0 radical (unpaired) electrons. The van der Waals surface area contributed by atoms with Gasteiger partial charge in [-0.05, 0) is 19.1 Å². The molecule has 0 aliphatic rings. The molecule has 0 unspecified atom stereocenters. The summed E-state index contributed by atoms with van der Waals surface area (Å²) in [5.74, 6) is 0.589. The van der Waals surface area contributed by atoms with Gasteiger partial charge in [-0.2, -0.15) is 0 Å². The molecule has 0 atom stereocenters. The van der Waals surface area contributed by atoms with E-state index in [9.17, 15) is 4.79 Å². The van der Waals surface area contributed by atoms with Gasteiger partial charge in [0.2, 0.25) is 0 Å². The van der Waals surface area contributed by atoms with Gasteiger partial charge in [0.05, 0.1) is 17.2 Å². The fourth-order valence-corrected chi connectivity index (χ4v) is 1.50. The first kappa shape index (κ1) is 11.1. The van der Waals surface area contributed by atoms with Gasteiger partial charge in [0.15, 0.2) is 5.78 Å². The molecule has 2 nitrogen and oxygen atoms in total. The first-order chi connectivity index (χ1) is 6.70. The van der Waals surface area contributed by atoms with Gasteiger partial charge in [-0.15, -0.1) is 0 Å². The summed E-state index contributed by atoms with van der Waals surface area (Å²) in [5.41, 5.74) is 0.499. The average molecular weight is 213 g/mol. The minimum Gasteiger partial charge on any atom is -0.493 e. The molecule has 0 amide bonds. The Morgan fingerprint density at radius 1 is 1.43 bits per heavy atom. The van der Waals surface area contributed by atoms with E-state index in [-0.39, 0.29) is 5.78 Å². The molecule has 14 heavy (non-hydrogen) atoms. The number of hydrogen-bond donors (Lipinski definition) is 0. The second-order valence-corrected chi connectivity index (χ2v) is 3.23. The van der Waals surface area contributed by atoms with Gasteiger partial charge in [-0.3, -0.25) is 4.79 Å². The molecule has 1 aromatic carbocycles. The lowest BCUT2D eigenvalue weighted by Crippen LogP contribution is -2.03. The van der Waals surface area contributed by atoms with Crippen molar-refractivity contribution in [2.75, 3.05) is 6.61 Å². The van der Waals surface area contributed by atoms with Crippen molar-refractivity contribution < 1.29 is 9.53 Å². The molecule has 0 aliphatic carbocycles. The number of ketones is 1. The minimum atomic E-state index is 0.0130. The van der Waals surface area contributed by atoms with Crippen LogP contribution in [0.2, 0.25) is 5.02 Å². The topological polar surface area (TPSA) is 26.3 Å². The second-order valence-electron chi connectivity index (χ2n) is 2.82. The Labute approximate surface area is 88.8 Å². The fourth-order valence-electron chi connectivity index (χ4n) is 1.23. The molecule has 76 valence electrons. The van der Waals surface area contributed by atoms with Crippen molar-refractivity contribution in [3.05, 3.63) is 28.8 Å². The average Bonchev–Trinajstić information content (AvgIpc) is 2.18. The first-order valence-corrected chi connectivity index (χ1v) is 5.03. The number of benzene rings is 1. The quantitative estimate of drug-likeness (QED) is 0.716. The summed E-state index contributed by atoms with van der Waals surface area (Å²) >= 11 is 5.94. The molecule has 3 heteroatoms. The van der Waals surface area contributed by atoms with Gasteiger partial charge < -0.3 is 4.74 Å². The molecule has 0 aliphatic heterocycles. The molecule has 0 bridgehead atoms. The van der Waals surface area contributed by atoms with E-state index in [4.69, 9.17) is 16.3 Å². The lowest BCUT2D eigenvalue weighted by atomic mass is 10.1. The third kappa shape index (κ3) is 2.26. The summed E-state index contributed by atoms with van der Waals surface area (Å²) in [5, 5.41) is 0.461. The molecule has 0 N–H and O–H groups in total. The SMILES string of the molecule is CCOc1cccc(Cl)c1C(=O)CC. The van der Waals surface area contributed by atoms with E-state index >= 15 is 0 Å². The van der Waals surface area contributed by atoms with Crippen LogP contribution in [0.25, 0.3) is 0 Å². The van der Waals surface area contributed by atoms with E-state index in [1.807, 2.05) is 6.92 Å². The van der Waals surface area contributed by atoms with E-state index in [0.29, 0.717) is 29.4 Å². The molecule has 0 heterocycles. The number of carbonyl (C=O) groups excluding carboxylic acids is 1. The zero-order valence-corrected chi connectivity index (χ0v) is 9.10. The first-order valence-electron chi connectivity index (χ1n) is 4.65. The highest BCUT2D eigenvalue weighted by Crippen LogP contribution is 2.27. The van der Waals surface area contributed by atoms with Gasteiger partial charge in [0.25, 0.3) is 0 Å². The number of ether oxygens (including phenoxy) is 1. The smallest absolute Gasteiger partial charge is 0.167 e. The van der Waals surface area contributed by atoms with Gasteiger partial charge in [0.1, 0.15) is 5.75 Å². The number of Topliss-reactive ketones (excluding diaryl/α,β-unsaturated/α-hetero) is 1. The van der Waals surface area contributed by atoms with Crippen molar-refractivity contribution in [2.24, 2.45) is 0 Å². The van der Waals surface area contributed by atoms with Crippen molar-refractivity contribution in [2.45, 2.75) is 20.3 Å². The molecule has 0 spiro atoms. The van der Waals surface area contributed by atoms with Crippen LogP contribution in [0.4, 0.5) is 0 Å². The zero-order valence-electron chi connectivity index (χ0n) is 8.34. The van der Waals surface area contributed by atoms with Crippen LogP contribution >= 0.6 is 11.6 Å². The van der Waals surface area contributed by atoms with Gasteiger partial charge in [-0.1, -0.05) is 24.6 Å². The molecule has 1 aromatic rings. The van der Waals surface area contributed by atoms with Gasteiger partial charge >= 0.3 is 0 Å². The standard InChI is InChI=1S/C11H13ClO2/c1-3-9(13)11-8(12)6-5-7-10(11)14-4-2/h5-7H,3-4H2,1-2H3. The molecule has 0 saturated carbocycles. The van der Waals surface area contributed by atoms with Crippen molar-refractivity contribution in [1.82, 2.24) is 0 Å². The van der Waals surface area contributed by atoms with E-state index in [2.05, 4.69) is 0 Å². The number of halogens is 1. The predicted molar refractivity (Wildman–Crippen MR) is 57.2 cm³/mol. The highest BCUT2D eigenvalue weighted by molar-refractivity contribution is 6.34. The van der Waals surface area contributed by atoms with Crippen molar-refractivity contribution in [1.29, 1.82) is 0 Å². The Bertz CT molecular complexity index is 334. The summed E-state index contributed by atoms with van der Waals surface area (Å²) in [6.07, 6.45) is 0.434. The summed E-state index contributed by atoms with van der Waals surface area (Å²) in [4.78, 5) is 11.6. The highest BCUT2D eigenvalue weighted by Gasteiger charge is 2.14. The maximum atomic E-state index is 11.6. The normalized spacial score (nSPS) is 9.93. The Kier molecular flexibility index (Phi) is 3.96. The summed E-state index contributed by atoms with van der Waals surface area (Å²) in [6, 6.07) is 5.24. The third-order valence-electron chi connectivity index (χ3n) is 1.88. The maximum Gasteiger partial charge on any atom is 0.167 e. The maximum absolute atomic E-state index is 11.6. The van der Waals surface area contributed by atoms with E-state index in [1.165, 1.54) is 0 Å². The Morgan fingerprint density at radius 3 is 2.71 bits per heavy atom. The summed E-state index contributed by atoms with van der Waals surface area (Å²) < 4.78 is 5.34. The van der Waals surface area contributed by atoms with E-state index < -0.39 is 0 Å². The Hall–Kier alpha value is -1.02. The van der Waals surface area contributed by atoms with Crippen LogP contribution in [0, 0.1) is 0 Å². The molecule has 0 saturated heterocycles. The summed E-state index contributed by atoms with van der Waals surface area (Å²) in [7, 11) is 0. The third-order valence-corrected chi connectivity index (χ3v) is 2.19. The fraction of sp³-hybridized carbons (Fsp3) is 0.364. The molecule has 1 rings (SSSR count). The van der Waals surface area contributed by atoms with Crippen LogP contribution in [0.5, 0.6) is 5.75 Å². The van der Waals surface area contributed by atoms with Gasteiger partial charge in [0, 0.05) is 6.42 Å². The minimum absolute atomic E-state index is 0.0130. The highest BCUT2D eigenvalue weighted by atomic mass is 35.5. The van der Waals surface area contributed by atoms with Crippen LogP contribution in [0.15, 0.2) is 18.2 Å². The monoisotopic (exact) mass is 212 g/mol. The number of hydrogen-bond acceptors (Lipinski definition) is 2. The van der Waals surface area contributed by atoms with Gasteiger partial charge in [-0.25, -0.2) is 0 Å². The van der Waals surface area contributed by atoms with E-state index in [1.54, 1.807) is 25.1 Å². The number of rotatable bonds is 4. The molecule has 0 aromatic heterocycles. The Morgan fingerprint density at radius 2 is 2.14 bits per heavy atom. The van der Waals surface area contributed by atoms with Crippen molar-refractivity contribution in [3.63, 3.8) is 0 Å². The second kappa shape index (κ2) is 5.01. The number of carbonyl (C=O) groups is 1. The van der Waals surface area contributed by atoms with Crippen LogP contribution in [0.3, 0.4) is 0 Å². The molecular formula is C11H13ClO2. The predicted octanol–water partition coefficient (Wildman–Crippen LogP) is 3.33. The zero-order chi connectivity index (χ0) is 10.6. The van der Waals surface area contributed by atoms with Crippen LogP contribution in [-0.2, 0) is 0 Å². The van der Waals surface area contributed by atoms with E-state index in [0.717, 1.165) is 0 Å². The van der Waals surface area contributed by atoms with Crippen molar-refractivity contribution >= 4 is 17.4 Å². The largest absolute Gasteiger partial charge is 0.493 e. The van der Waals surface area contributed by atoms with Crippen LogP contribution < -0.4 is 4.74 Å². The molecular weight excluding hydrogens is 200 g/mol. The summed E-state index contributed by atoms with van der Waals surface area (Å²) in [6.45, 7) is 4.22. The lowest BCUT2D eigenvalue weighted by molar-refractivity contribution is 0.0984. The lowest BCUT2D eigenvalue weighted by Gasteiger charge is -2.09. The van der Waals surface area contributed by atoms with Crippen LogP contribution in [-0.4, -0.2) is 12.4 Å². The van der Waals surface area contributed by atoms with Crippen LogP contribution in [0.1, 0.15) is 30.6 Å².